The molecule has 0 amide bonds. The second kappa shape index (κ2) is 7.08. The smallest absolute Gasteiger partial charge is 0.207 e. The molecule has 0 bridgehead atoms. The van der Waals surface area contributed by atoms with Gasteiger partial charge in [-0.25, -0.2) is 9.11 Å². The Bertz CT molecular complexity index is 478. The van der Waals surface area contributed by atoms with Gasteiger partial charge in [0, 0.05) is 32.1 Å². The Hall–Kier alpha value is -0.630. The zero-order valence-electron chi connectivity index (χ0n) is 10.4. The Morgan fingerprint density at radius 1 is 1.33 bits per heavy atom. The van der Waals surface area contributed by atoms with Crippen molar-refractivity contribution in [2.75, 3.05) is 26.4 Å². The molecule has 1 rings (SSSR count). The Kier molecular flexibility index (Phi) is 6.07. The SMILES string of the molecule is CN(C)S(=O)(=O)NCCSCc1ccccc1F. The first-order valence-corrected chi connectivity index (χ1v) is 8.01. The molecule has 0 atom stereocenters. The van der Waals surface area contributed by atoms with Crippen LogP contribution in [-0.2, 0) is 16.0 Å². The molecule has 0 radical (unpaired) electrons. The lowest BCUT2D eigenvalue weighted by Gasteiger charge is -2.11. The van der Waals surface area contributed by atoms with Crippen molar-refractivity contribution in [3.05, 3.63) is 35.6 Å². The highest BCUT2D eigenvalue weighted by Gasteiger charge is 2.11. The molecule has 0 spiro atoms. The number of thioether (sulfide) groups is 1. The molecule has 1 aromatic rings. The monoisotopic (exact) mass is 292 g/mol. The van der Waals surface area contributed by atoms with Gasteiger partial charge in [0.05, 0.1) is 0 Å². The quantitative estimate of drug-likeness (QED) is 0.774. The number of benzene rings is 1. The van der Waals surface area contributed by atoms with Crippen LogP contribution >= 0.6 is 11.8 Å². The van der Waals surface area contributed by atoms with Crippen molar-refractivity contribution in [2.24, 2.45) is 0 Å². The van der Waals surface area contributed by atoms with E-state index in [0.717, 1.165) is 4.31 Å². The van der Waals surface area contributed by atoms with Crippen LogP contribution in [0.3, 0.4) is 0 Å². The lowest BCUT2D eigenvalue weighted by atomic mass is 10.2. The van der Waals surface area contributed by atoms with Crippen LogP contribution in [-0.4, -0.2) is 39.1 Å². The first kappa shape index (κ1) is 15.4. The topological polar surface area (TPSA) is 49.4 Å². The highest BCUT2D eigenvalue weighted by atomic mass is 32.2. The van der Waals surface area contributed by atoms with Gasteiger partial charge in [-0.15, -0.1) is 0 Å². The van der Waals surface area contributed by atoms with Crippen LogP contribution in [0.2, 0.25) is 0 Å². The third kappa shape index (κ3) is 4.93. The van der Waals surface area contributed by atoms with Crippen molar-refractivity contribution < 1.29 is 12.8 Å². The van der Waals surface area contributed by atoms with Crippen LogP contribution in [0.4, 0.5) is 4.39 Å². The predicted octanol–water partition coefficient (Wildman–Crippen LogP) is 1.45. The van der Waals surface area contributed by atoms with E-state index in [1.165, 1.54) is 31.9 Å². The van der Waals surface area contributed by atoms with E-state index < -0.39 is 10.2 Å². The normalized spacial score (nSPS) is 12.0. The average molecular weight is 292 g/mol. The lowest BCUT2D eigenvalue weighted by molar-refractivity contribution is 0.508. The summed E-state index contributed by atoms with van der Waals surface area (Å²) in [6, 6.07) is 6.58. The van der Waals surface area contributed by atoms with E-state index >= 15 is 0 Å². The van der Waals surface area contributed by atoms with E-state index in [4.69, 9.17) is 0 Å². The van der Waals surface area contributed by atoms with Gasteiger partial charge in [-0.3, -0.25) is 0 Å². The Morgan fingerprint density at radius 2 is 2.00 bits per heavy atom. The van der Waals surface area contributed by atoms with Crippen molar-refractivity contribution in [1.29, 1.82) is 0 Å². The Labute approximate surface area is 112 Å². The van der Waals surface area contributed by atoms with Gasteiger partial charge in [0.2, 0.25) is 0 Å². The molecule has 0 aliphatic heterocycles. The van der Waals surface area contributed by atoms with E-state index in [0.29, 0.717) is 23.6 Å². The lowest BCUT2D eigenvalue weighted by Crippen LogP contribution is -2.36. The third-order valence-electron chi connectivity index (χ3n) is 2.23. The number of halogens is 1. The molecule has 0 fully saturated rings. The summed E-state index contributed by atoms with van der Waals surface area (Å²) in [5.74, 6) is 0.913. The summed E-state index contributed by atoms with van der Waals surface area (Å²) >= 11 is 1.49. The summed E-state index contributed by atoms with van der Waals surface area (Å²) in [6.07, 6.45) is 0. The maximum Gasteiger partial charge on any atom is 0.278 e. The van der Waals surface area contributed by atoms with Gasteiger partial charge in [-0.2, -0.15) is 24.5 Å². The van der Waals surface area contributed by atoms with Crippen molar-refractivity contribution in [2.45, 2.75) is 5.75 Å². The fourth-order valence-corrected chi connectivity index (χ4v) is 2.76. The molecule has 4 nitrogen and oxygen atoms in total. The van der Waals surface area contributed by atoms with Gasteiger partial charge < -0.3 is 0 Å². The van der Waals surface area contributed by atoms with Gasteiger partial charge in [-0.1, -0.05) is 18.2 Å². The van der Waals surface area contributed by atoms with Crippen LogP contribution in [0.25, 0.3) is 0 Å². The molecular weight excluding hydrogens is 275 g/mol. The Morgan fingerprint density at radius 3 is 2.61 bits per heavy atom. The Balaban J connectivity index is 2.26. The largest absolute Gasteiger partial charge is 0.278 e. The number of nitrogens with one attached hydrogen (secondary N) is 1. The maximum absolute atomic E-state index is 13.3. The van der Waals surface area contributed by atoms with E-state index in [1.807, 2.05) is 0 Å². The first-order valence-electron chi connectivity index (χ1n) is 5.42. The number of hydrogen-bond acceptors (Lipinski definition) is 3. The summed E-state index contributed by atoms with van der Waals surface area (Å²) in [5.41, 5.74) is 0.637. The fourth-order valence-electron chi connectivity index (χ4n) is 1.17. The van der Waals surface area contributed by atoms with E-state index in [2.05, 4.69) is 4.72 Å². The van der Waals surface area contributed by atoms with Gasteiger partial charge in [-0.05, 0) is 11.6 Å². The van der Waals surface area contributed by atoms with Crippen LogP contribution in [0.5, 0.6) is 0 Å². The first-order chi connectivity index (χ1) is 8.43. The zero-order chi connectivity index (χ0) is 13.6. The predicted molar refractivity (Wildman–Crippen MR) is 73.2 cm³/mol. The minimum absolute atomic E-state index is 0.223. The molecule has 0 saturated carbocycles. The van der Waals surface area contributed by atoms with Crippen LogP contribution in [0, 0.1) is 5.82 Å². The second-order valence-electron chi connectivity index (χ2n) is 3.83. The van der Waals surface area contributed by atoms with Crippen molar-refractivity contribution in [3.63, 3.8) is 0 Å². The van der Waals surface area contributed by atoms with E-state index in [-0.39, 0.29) is 5.82 Å². The molecule has 0 aromatic heterocycles. The van der Waals surface area contributed by atoms with Crippen LogP contribution in [0.15, 0.2) is 24.3 Å². The molecular formula is C11H17FN2O2S2. The minimum Gasteiger partial charge on any atom is -0.207 e. The van der Waals surface area contributed by atoms with Gasteiger partial charge in [0.25, 0.3) is 10.2 Å². The highest BCUT2D eigenvalue weighted by Crippen LogP contribution is 2.14. The number of hydrogen-bond donors (Lipinski definition) is 1. The van der Waals surface area contributed by atoms with Crippen LogP contribution < -0.4 is 4.72 Å². The third-order valence-corrected chi connectivity index (χ3v) is 4.77. The zero-order valence-corrected chi connectivity index (χ0v) is 12.0. The molecule has 7 heteroatoms. The molecule has 1 aromatic carbocycles. The number of nitrogens with zero attached hydrogens (tertiary/aromatic N) is 1. The van der Waals surface area contributed by atoms with Crippen molar-refractivity contribution >= 4 is 22.0 Å². The van der Waals surface area contributed by atoms with Gasteiger partial charge in [0.1, 0.15) is 5.82 Å². The fraction of sp³-hybridized carbons (Fsp3) is 0.455. The summed E-state index contributed by atoms with van der Waals surface area (Å²) in [6.45, 7) is 0.333. The van der Waals surface area contributed by atoms with Crippen molar-refractivity contribution in [3.8, 4) is 0 Å². The van der Waals surface area contributed by atoms with E-state index in [1.54, 1.807) is 18.2 Å². The molecule has 0 aliphatic carbocycles. The highest BCUT2D eigenvalue weighted by molar-refractivity contribution is 7.98. The van der Waals surface area contributed by atoms with Gasteiger partial charge >= 0.3 is 0 Å². The molecule has 0 saturated heterocycles. The molecule has 0 aliphatic rings. The summed E-state index contributed by atoms with van der Waals surface area (Å²) in [7, 11) is -0.421. The number of rotatable bonds is 7. The molecule has 102 valence electrons. The van der Waals surface area contributed by atoms with Crippen LogP contribution in [0.1, 0.15) is 5.56 Å². The molecule has 18 heavy (non-hydrogen) atoms. The molecule has 0 heterocycles. The maximum atomic E-state index is 13.3. The molecule has 1 N–H and O–H groups in total. The summed E-state index contributed by atoms with van der Waals surface area (Å²) < 4.78 is 39.6. The minimum atomic E-state index is -3.36. The second-order valence-corrected chi connectivity index (χ2v) is 6.90. The summed E-state index contributed by atoms with van der Waals surface area (Å²) in [4.78, 5) is 0. The van der Waals surface area contributed by atoms with Gasteiger partial charge in [0.15, 0.2) is 0 Å². The average Bonchev–Trinajstić information content (AvgIpc) is 2.30. The van der Waals surface area contributed by atoms with Crippen molar-refractivity contribution in [1.82, 2.24) is 9.03 Å². The molecule has 0 unspecified atom stereocenters. The van der Waals surface area contributed by atoms with E-state index in [9.17, 15) is 12.8 Å². The summed E-state index contributed by atoms with van der Waals surface area (Å²) in [5, 5.41) is 0. The standard InChI is InChI=1S/C11H17FN2O2S2/c1-14(2)18(15,16)13-7-8-17-9-10-5-3-4-6-11(10)12/h3-6,13H,7-9H2,1-2H3.